The minimum Gasteiger partial charge on any atom is -0.457 e. The van der Waals surface area contributed by atoms with Gasteiger partial charge in [0.05, 0.1) is 16.7 Å². The maximum atomic E-state index is 15.1. The number of hydrogen-bond acceptors (Lipinski definition) is 6. The van der Waals surface area contributed by atoms with Crippen molar-refractivity contribution in [2.45, 2.75) is 130 Å². The second kappa shape index (κ2) is 10.3. The zero-order valence-corrected chi connectivity index (χ0v) is 31.1. The highest BCUT2D eigenvalue weighted by atomic mass is 35.5. The molecule has 0 spiro atoms. The van der Waals surface area contributed by atoms with E-state index in [2.05, 4.69) is 20.8 Å². The number of furan rings is 1. The molecular formula is C38H52Cl2O6. The van der Waals surface area contributed by atoms with Gasteiger partial charge >= 0.3 is 5.97 Å². The van der Waals surface area contributed by atoms with Gasteiger partial charge in [-0.1, -0.05) is 59.6 Å². The van der Waals surface area contributed by atoms with Gasteiger partial charge in [0.1, 0.15) is 4.87 Å². The molecule has 3 saturated carbocycles. The molecule has 4 aliphatic carbocycles. The van der Waals surface area contributed by atoms with E-state index in [9.17, 15) is 14.7 Å². The van der Waals surface area contributed by atoms with Crippen LogP contribution in [0.15, 0.2) is 45.6 Å². The summed E-state index contributed by atoms with van der Waals surface area (Å²) >= 11 is 15.4. The van der Waals surface area contributed by atoms with Crippen LogP contribution in [0.5, 0.6) is 0 Å². The summed E-state index contributed by atoms with van der Waals surface area (Å²) in [6, 6.07) is 3.13. The largest absolute Gasteiger partial charge is 0.457 e. The van der Waals surface area contributed by atoms with Crippen LogP contribution in [-0.4, -0.2) is 43.6 Å². The van der Waals surface area contributed by atoms with Crippen LogP contribution in [-0.2, 0) is 14.3 Å². The molecular weight excluding hydrogens is 623 g/mol. The Hall–Kier alpha value is -1.89. The Morgan fingerprint density at radius 2 is 1.78 bits per heavy atom. The Balaban J connectivity index is 1.92. The Labute approximate surface area is 284 Å². The molecule has 0 amide bonds. The van der Waals surface area contributed by atoms with Gasteiger partial charge in [0.25, 0.3) is 0 Å². The Morgan fingerprint density at radius 3 is 2.28 bits per heavy atom. The second-order valence-corrected chi connectivity index (χ2v) is 17.9. The van der Waals surface area contributed by atoms with Crippen molar-refractivity contribution in [1.29, 1.82) is 0 Å². The molecule has 3 fully saturated rings. The van der Waals surface area contributed by atoms with Crippen molar-refractivity contribution in [2.24, 2.45) is 39.4 Å². The lowest BCUT2D eigenvalue weighted by Gasteiger charge is -2.79. The van der Waals surface area contributed by atoms with Crippen LogP contribution in [0.25, 0.3) is 0 Å². The molecule has 0 aliphatic heterocycles. The third-order valence-electron chi connectivity index (χ3n) is 14.2. The summed E-state index contributed by atoms with van der Waals surface area (Å²) in [5, 5.41) is 13.6. The van der Waals surface area contributed by atoms with Crippen molar-refractivity contribution in [3.05, 3.63) is 47.0 Å². The molecule has 4 aliphatic rings. The summed E-state index contributed by atoms with van der Waals surface area (Å²) in [6.45, 7) is 23.4. The molecule has 1 aromatic rings. The first-order chi connectivity index (χ1) is 21.0. The van der Waals surface area contributed by atoms with E-state index in [1.54, 1.807) is 26.0 Å². The molecule has 0 saturated heterocycles. The van der Waals surface area contributed by atoms with Crippen molar-refractivity contribution in [3.8, 4) is 0 Å². The summed E-state index contributed by atoms with van der Waals surface area (Å²) in [7, 11) is 0. The fourth-order valence-corrected chi connectivity index (χ4v) is 13.1. The lowest BCUT2D eigenvalue weighted by Crippen LogP contribution is -2.85. The number of esters is 1. The van der Waals surface area contributed by atoms with E-state index < -0.39 is 60.3 Å². The Bertz CT molecular complexity index is 1540. The normalized spacial score (nSPS) is 41.9. The Morgan fingerprint density at radius 1 is 1.17 bits per heavy atom. The SMILES string of the molecule is CC[C@]12[C@H](C[C@@H](C)[C@]1(OC(=O)c1ccco1)C(=O)C(C)(C)Cl)[C@]1(C)CCC3=CC(=O)C(C)=C(C)[C@]3(C(C)C)[C@@]1(Cl)[C@@](C)(O)C2(C)C. The van der Waals surface area contributed by atoms with Gasteiger partial charge < -0.3 is 14.3 Å². The van der Waals surface area contributed by atoms with Crippen LogP contribution in [0.1, 0.15) is 119 Å². The first kappa shape index (κ1) is 35.4. The average Bonchev–Trinajstić information content (AvgIpc) is 3.58. The molecule has 6 nitrogen and oxygen atoms in total. The standard InChI is InChI=1S/C38H52Cl2O6/c1-13-35-28(19-22(4)37(35,30(43)31(7,8)39)46-29(42)27-15-14-18-45-27)33(11)17-16-25-20-26(41)23(5)24(6)36(25,21(2)3)38(33,40)34(12,44)32(35,9)10/h14-15,18,20-22,28,44H,13,16-17,19H2,1-12H3/t22-,28-,33+,34+,35-,36+,37+,38+/m1/s1. The molecule has 8 atom stereocenters. The lowest BCUT2D eigenvalue weighted by atomic mass is 9.28. The number of carbonyl (C=O) groups excluding carboxylic acids is 3. The van der Waals surface area contributed by atoms with Crippen LogP contribution in [0, 0.1) is 39.4 Å². The van der Waals surface area contributed by atoms with Crippen molar-refractivity contribution in [3.63, 3.8) is 0 Å². The molecule has 0 unspecified atom stereocenters. The summed E-state index contributed by atoms with van der Waals surface area (Å²) < 4.78 is 12.1. The molecule has 8 heteroatoms. The van der Waals surface area contributed by atoms with Gasteiger partial charge in [0.2, 0.25) is 5.76 Å². The van der Waals surface area contributed by atoms with E-state index in [4.69, 9.17) is 32.4 Å². The Kier molecular flexibility index (Phi) is 7.94. The number of carbonyl (C=O) groups is 3. The molecule has 0 radical (unpaired) electrons. The number of halogens is 2. The van der Waals surface area contributed by atoms with E-state index in [-0.39, 0.29) is 23.4 Å². The smallest absolute Gasteiger partial charge is 0.375 e. The van der Waals surface area contributed by atoms with Crippen molar-refractivity contribution < 1.29 is 28.6 Å². The van der Waals surface area contributed by atoms with Crippen LogP contribution in [0.4, 0.5) is 0 Å². The average molecular weight is 676 g/mol. The fraction of sp³-hybridized carbons (Fsp3) is 0.711. The number of hydrogen-bond donors (Lipinski definition) is 1. The van der Waals surface area contributed by atoms with Gasteiger partial charge in [-0.3, -0.25) is 9.59 Å². The van der Waals surface area contributed by atoms with E-state index in [0.717, 1.165) is 11.1 Å². The van der Waals surface area contributed by atoms with E-state index >= 15 is 4.79 Å². The maximum Gasteiger partial charge on any atom is 0.375 e. The number of ketones is 2. The highest BCUT2D eigenvalue weighted by molar-refractivity contribution is 6.36. The van der Waals surface area contributed by atoms with Crippen LogP contribution < -0.4 is 0 Å². The predicted octanol–water partition coefficient (Wildman–Crippen LogP) is 8.87. The van der Waals surface area contributed by atoms with Crippen LogP contribution in [0.2, 0.25) is 0 Å². The van der Waals surface area contributed by atoms with Crippen molar-refractivity contribution >= 4 is 40.7 Å². The fourth-order valence-electron chi connectivity index (χ4n) is 12.1. The van der Waals surface area contributed by atoms with Gasteiger partial charge in [0, 0.05) is 22.2 Å². The number of alkyl halides is 2. The van der Waals surface area contributed by atoms with Crippen LogP contribution in [0.3, 0.4) is 0 Å². The number of Topliss-reactive ketones (excluding diaryl/α,β-unsaturated/α-hetero) is 1. The molecule has 1 N–H and O–H groups in total. The number of allylic oxidation sites excluding steroid dienone is 4. The second-order valence-electron chi connectivity index (χ2n) is 16.4. The van der Waals surface area contributed by atoms with Gasteiger partial charge in [-0.25, -0.2) is 4.79 Å². The summed E-state index contributed by atoms with van der Waals surface area (Å²) in [5.74, 6) is -1.96. The molecule has 1 aromatic heterocycles. The van der Waals surface area contributed by atoms with Crippen LogP contribution >= 0.6 is 23.2 Å². The zero-order chi connectivity index (χ0) is 34.8. The van der Waals surface area contributed by atoms with Gasteiger partial charge in [-0.15, -0.1) is 23.2 Å². The molecule has 254 valence electrons. The third kappa shape index (κ3) is 3.57. The number of rotatable bonds is 6. The molecule has 1 heterocycles. The zero-order valence-electron chi connectivity index (χ0n) is 29.6. The number of ether oxygens (including phenoxy) is 1. The third-order valence-corrected chi connectivity index (χ3v) is 15.4. The van der Waals surface area contributed by atoms with Crippen molar-refractivity contribution in [2.75, 3.05) is 0 Å². The first-order valence-corrected chi connectivity index (χ1v) is 17.6. The van der Waals surface area contributed by atoms with E-state index in [1.807, 2.05) is 48.5 Å². The highest BCUT2D eigenvalue weighted by Crippen LogP contribution is 2.85. The minimum atomic E-state index is -1.72. The highest BCUT2D eigenvalue weighted by Gasteiger charge is 2.89. The van der Waals surface area contributed by atoms with Gasteiger partial charge in [-0.2, -0.15) is 0 Å². The summed E-state index contributed by atoms with van der Waals surface area (Å²) in [5.41, 5.74) is -4.74. The van der Waals surface area contributed by atoms with E-state index in [1.165, 1.54) is 12.3 Å². The summed E-state index contributed by atoms with van der Waals surface area (Å²) in [4.78, 5) is 39.6. The van der Waals surface area contributed by atoms with Gasteiger partial charge in [0.15, 0.2) is 17.2 Å². The first-order valence-electron chi connectivity index (χ1n) is 16.8. The molecule has 0 aromatic carbocycles. The quantitative estimate of drug-likeness (QED) is 0.239. The lowest BCUT2D eigenvalue weighted by molar-refractivity contribution is -0.305. The monoisotopic (exact) mass is 674 g/mol. The number of fused-ring (bicyclic) bond motifs is 5. The number of aliphatic hydroxyl groups is 1. The van der Waals surface area contributed by atoms with E-state index in [0.29, 0.717) is 31.3 Å². The molecule has 0 bridgehead atoms. The maximum absolute atomic E-state index is 15.1. The minimum absolute atomic E-state index is 0.00551. The molecule has 5 rings (SSSR count). The summed E-state index contributed by atoms with van der Waals surface area (Å²) in [6.07, 6.45) is 5.31. The topological polar surface area (TPSA) is 93.8 Å². The molecule has 46 heavy (non-hydrogen) atoms. The predicted molar refractivity (Wildman–Crippen MR) is 181 cm³/mol. The van der Waals surface area contributed by atoms with Gasteiger partial charge in [-0.05, 0) is 101 Å². The van der Waals surface area contributed by atoms with Crippen molar-refractivity contribution in [1.82, 2.24) is 0 Å².